The molecule has 7 rings (SSSR count). The van der Waals surface area contributed by atoms with Crippen LogP contribution in [-0.2, 0) is 13.2 Å². The summed E-state index contributed by atoms with van der Waals surface area (Å²) < 4.78 is 30.0. The zero-order valence-electron chi connectivity index (χ0n) is 23.2. The van der Waals surface area contributed by atoms with Crippen LogP contribution in [0.15, 0.2) is 98.6 Å². The van der Waals surface area contributed by atoms with Crippen molar-refractivity contribution in [2.75, 3.05) is 13.4 Å². The molecule has 0 radical (unpaired) electrons. The normalized spacial score (nSPS) is 15.2. The van der Waals surface area contributed by atoms with Gasteiger partial charge in [0.2, 0.25) is 12.6 Å². The van der Waals surface area contributed by atoms with Crippen LogP contribution in [0, 0.1) is 0 Å². The quantitative estimate of drug-likeness (QED) is 0.180. The Morgan fingerprint density at radius 2 is 1.70 bits per heavy atom. The van der Waals surface area contributed by atoms with Crippen molar-refractivity contribution in [1.29, 1.82) is 0 Å². The van der Waals surface area contributed by atoms with Crippen molar-refractivity contribution in [1.82, 2.24) is 4.90 Å². The summed E-state index contributed by atoms with van der Waals surface area (Å²) >= 11 is 3.46. The highest BCUT2D eigenvalue weighted by Crippen LogP contribution is 2.43. The fourth-order valence-electron chi connectivity index (χ4n) is 5.56. The molecule has 0 bridgehead atoms. The van der Waals surface area contributed by atoms with Crippen LogP contribution in [-0.4, -0.2) is 24.2 Å². The van der Waals surface area contributed by atoms with E-state index in [1.54, 1.807) is 23.1 Å². The second-order valence-corrected chi connectivity index (χ2v) is 11.2. The summed E-state index contributed by atoms with van der Waals surface area (Å²) in [6.07, 6.45) is 0. The van der Waals surface area contributed by atoms with Gasteiger partial charge in [0.05, 0.1) is 23.6 Å². The number of carbonyl (C=O) groups excluding carboxylic acids is 1. The number of carbonyl (C=O) groups is 1. The molecule has 1 amide bonds. The third-order valence-electron chi connectivity index (χ3n) is 7.54. The van der Waals surface area contributed by atoms with E-state index in [0.29, 0.717) is 52.7 Å². The van der Waals surface area contributed by atoms with Crippen molar-refractivity contribution in [3.05, 3.63) is 128 Å². The number of rotatable bonds is 8. The zero-order chi connectivity index (χ0) is 29.5. The van der Waals surface area contributed by atoms with Crippen molar-refractivity contribution >= 4 is 32.8 Å². The molecule has 0 saturated heterocycles. The number of halogens is 1. The summed E-state index contributed by atoms with van der Waals surface area (Å²) in [6.45, 7) is 3.03. The molecule has 1 aromatic heterocycles. The lowest BCUT2D eigenvalue weighted by Crippen LogP contribution is -2.29. The Hall–Kier alpha value is -4.76. The molecule has 43 heavy (non-hydrogen) atoms. The van der Waals surface area contributed by atoms with Crippen LogP contribution in [0.5, 0.6) is 23.0 Å². The van der Waals surface area contributed by atoms with Gasteiger partial charge < -0.3 is 28.3 Å². The van der Waals surface area contributed by atoms with Crippen LogP contribution in [0.1, 0.15) is 45.8 Å². The first-order valence-corrected chi connectivity index (χ1v) is 14.7. The third kappa shape index (κ3) is 4.99. The number of benzene rings is 4. The molecule has 0 spiro atoms. The van der Waals surface area contributed by atoms with Gasteiger partial charge in [0.15, 0.2) is 28.4 Å². The van der Waals surface area contributed by atoms with Crippen molar-refractivity contribution in [2.24, 2.45) is 0 Å². The van der Waals surface area contributed by atoms with Gasteiger partial charge in [0.1, 0.15) is 12.2 Å². The molecule has 1 atom stereocenters. The lowest BCUT2D eigenvalue weighted by atomic mass is 9.97. The molecule has 216 valence electrons. The summed E-state index contributed by atoms with van der Waals surface area (Å²) in [4.78, 5) is 29.7. The van der Waals surface area contributed by atoms with Gasteiger partial charge in [-0.25, -0.2) is 0 Å². The summed E-state index contributed by atoms with van der Waals surface area (Å²) in [5, 5.41) is 0.392. The number of nitrogens with zero attached hydrogens (tertiary/aromatic N) is 1. The molecule has 2 aliphatic rings. The maximum atomic E-state index is 14.0. The van der Waals surface area contributed by atoms with Gasteiger partial charge in [-0.15, -0.1) is 0 Å². The first kappa shape index (κ1) is 27.1. The molecule has 0 N–H and O–H groups in total. The molecule has 9 heteroatoms. The van der Waals surface area contributed by atoms with Gasteiger partial charge >= 0.3 is 0 Å². The maximum absolute atomic E-state index is 14.0. The van der Waals surface area contributed by atoms with E-state index in [2.05, 4.69) is 15.9 Å². The van der Waals surface area contributed by atoms with E-state index in [-0.39, 0.29) is 36.0 Å². The van der Waals surface area contributed by atoms with Crippen molar-refractivity contribution in [2.45, 2.75) is 26.1 Å². The maximum Gasteiger partial charge on any atom is 0.291 e. The highest BCUT2D eigenvalue weighted by molar-refractivity contribution is 9.10. The van der Waals surface area contributed by atoms with Crippen LogP contribution < -0.4 is 24.4 Å². The van der Waals surface area contributed by atoms with Crippen LogP contribution in [0.25, 0.3) is 11.0 Å². The van der Waals surface area contributed by atoms with Crippen LogP contribution in [0.3, 0.4) is 0 Å². The van der Waals surface area contributed by atoms with Crippen LogP contribution >= 0.6 is 15.9 Å². The van der Waals surface area contributed by atoms with E-state index >= 15 is 0 Å². The van der Waals surface area contributed by atoms with Crippen LogP contribution in [0.2, 0.25) is 0 Å². The van der Waals surface area contributed by atoms with E-state index in [0.717, 1.165) is 15.6 Å². The van der Waals surface area contributed by atoms with Crippen molar-refractivity contribution in [3.8, 4) is 23.0 Å². The molecule has 2 aliphatic heterocycles. The molecule has 1 unspecified atom stereocenters. The first-order valence-electron chi connectivity index (χ1n) is 13.9. The fraction of sp³-hybridized carbons (Fsp3) is 0.176. The Kier molecular flexibility index (Phi) is 7.02. The molecule has 3 heterocycles. The Labute approximate surface area is 255 Å². The lowest BCUT2D eigenvalue weighted by molar-refractivity contribution is 0.0714. The molecular formula is C34H26BrNO7. The van der Waals surface area contributed by atoms with Gasteiger partial charge in [-0.1, -0.05) is 58.4 Å². The van der Waals surface area contributed by atoms with Gasteiger partial charge in [-0.3, -0.25) is 9.59 Å². The van der Waals surface area contributed by atoms with Crippen molar-refractivity contribution in [3.63, 3.8) is 0 Å². The SMILES string of the molecule is CCOc1cc(C2c3c(oc4ccc(Br)cc4c3=O)C(=O)N2Cc2ccc3c(c2)OCO3)ccc1OCc1ccccc1. The monoisotopic (exact) mass is 639 g/mol. The summed E-state index contributed by atoms with van der Waals surface area (Å²) in [5.74, 6) is 2.01. The Morgan fingerprint density at radius 1 is 0.860 bits per heavy atom. The van der Waals surface area contributed by atoms with E-state index in [9.17, 15) is 9.59 Å². The second kappa shape index (κ2) is 11.1. The summed E-state index contributed by atoms with van der Waals surface area (Å²) in [5.41, 5.74) is 2.93. The van der Waals surface area contributed by atoms with E-state index < -0.39 is 6.04 Å². The average Bonchev–Trinajstić information content (AvgIpc) is 3.60. The minimum absolute atomic E-state index is 0.0351. The van der Waals surface area contributed by atoms with E-state index in [1.165, 1.54) is 0 Å². The predicted molar refractivity (Wildman–Crippen MR) is 163 cm³/mol. The number of ether oxygens (including phenoxy) is 4. The number of hydrogen-bond donors (Lipinski definition) is 0. The molecule has 8 nitrogen and oxygen atoms in total. The average molecular weight is 640 g/mol. The topological polar surface area (TPSA) is 87.4 Å². The van der Waals surface area contributed by atoms with Gasteiger partial charge in [0, 0.05) is 11.0 Å². The molecule has 0 aliphatic carbocycles. The van der Waals surface area contributed by atoms with Gasteiger partial charge in [0.25, 0.3) is 5.91 Å². The standard InChI is InChI=1S/C34H26BrNO7/c1-2-39-29-15-22(9-12-26(29)40-18-20-6-4-3-5-7-20)31-30-32(37)24-16-23(35)10-13-25(24)43-33(30)34(38)36(31)17-21-8-11-27-28(14-21)42-19-41-27/h3-16,31H,2,17-19H2,1H3. The second-order valence-electron chi connectivity index (χ2n) is 10.3. The minimum Gasteiger partial charge on any atom is -0.490 e. The summed E-state index contributed by atoms with van der Waals surface area (Å²) in [7, 11) is 0. The first-order chi connectivity index (χ1) is 21.0. The molecule has 0 saturated carbocycles. The third-order valence-corrected chi connectivity index (χ3v) is 8.03. The minimum atomic E-state index is -0.727. The highest BCUT2D eigenvalue weighted by atomic mass is 79.9. The molecular weight excluding hydrogens is 614 g/mol. The molecule has 5 aromatic rings. The highest BCUT2D eigenvalue weighted by Gasteiger charge is 2.43. The Morgan fingerprint density at radius 3 is 2.53 bits per heavy atom. The predicted octanol–water partition coefficient (Wildman–Crippen LogP) is 7.01. The fourth-order valence-corrected chi connectivity index (χ4v) is 5.92. The number of fused-ring (bicyclic) bond motifs is 3. The largest absolute Gasteiger partial charge is 0.490 e. The smallest absolute Gasteiger partial charge is 0.291 e. The van der Waals surface area contributed by atoms with Gasteiger partial charge in [-0.2, -0.15) is 0 Å². The van der Waals surface area contributed by atoms with Gasteiger partial charge in [-0.05, 0) is 66.1 Å². The zero-order valence-corrected chi connectivity index (χ0v) is 24.8. The Balaban J connectivity index is 1.33. The molecule has 0 fully saturated rings. The number of hydrogen-bond acceptors (Lipinski definition) is 7. The summed E-state index contributed by atoms with van der Waals surface area (Å²) in [6, 6.07) is 25.4. The Bertz CT molecular complexity index is 1920. The molecule has 4 aromatic carbocycles. The van der Waals surface area contributed by atoms with E-state index in [4.69, 9.17) is 23.4 Å². The van der Waals surface area contributed by atoms with Crippen LogP contribution in [0.4, 0.5) is 0 Å². The van der Waals surface area contributed by atoms with Crippen molar-refractivity contribution < 1.29 is 28.2 Å². The number of amides is 1. The lowest BCUT2D eigenvalue weighted by Gasteiger charge is -2.26. The van der Waals surface area contributed by atoms with E-state index in [1.807, 2.05) is 73.7 Å².